The number of β-amino-alcohol motifs (C(OH)–C–C–N with tert-alkyl or cyclic N) is 1. The van der Waals surface area contributed by atoms with Crippen molar-refractivity contribution in [2.24, 2.45) is 11.1 Å². The Morgan fingerprint density at radius 3 is 2.82 bits per heavy atom. The summed E-state index contributed by atoms with van der Waals surface area (Å²) in [4.78, 5) is 2.14. The van der Waals surface area contributed by atoms with Gasteiger partial charge in [0.1, 0.15) is 0 Å². The summed E-state index contributed by atoms with van der Waals surface area (Å²) in [6.07, 6.45) is 0.743. The number of likely N-dealkylation sites (tertiary alicyclic amines) is 1. The van der Waals surface area contributed by atoms with E-state index in [4.69, 9.17) is 5.73 Å². The van der Waals surface area contributed by atoms with E-state index >= 15 is 0 Å². The molecule has 0 spiro atoms. The lowest BCUT2D eigenvalue weighted by Gasteiger charge is -2.41. The van der Waals surface area contributed by atoms with Gasteiger partial charge >= 0.3 is 0 Å². The molecule has 0 radical (unpaired) electrons. The molecule has 1 saturated heterocycles. The fourth-order valence-corrected chi connectivity index (χ4v) is 1.46. The van der Waals surface area contributed by atoms with Crippen LogP contribution in [0.5, 0.6) is 0 Å². The summed E-state index contributed by atoms with van der Waals surface area (Å²) < 4.78 is 0. The van der Waals surface area contributed by atoms with Gasteiger partial charge in [0.2, 0.25) is 0 Å². The predicted molar refractivity (Wildman–Crippen MR) is 45.3 cm³/mol. The molecular formula is C8H18N2O. The third kappa shape index (κ3) is 1.72. The van der Waals surface area contributed by atoms with Gasteiger partial charge in [-0.15, -0.1) is 0 Å². The van der Waals surface area contributed by atoms with Gasteiger partial charge in [-0.05, 0) is 20.0 Å². The number of aliphatic hydroxyl groups is 1. The summed E-state index contributed by atoms with van der Waals surface area (Å²) in [7, 11) is 2.03. The van der Waals surface area contributed by atoms with Gasteiger partial charge in [-0.3, -0.25) is 0 Å². The number of piperidine rings is 1. The molecule has 1 heterocycles. The lowest BCUT2D eigenvalue weighted by molar-refractivity contribution is -0.0224. The third-order valence-electron chi connectivity index (χ3n) is 2.82. The van der Waals surface area contributed by atoms with Crippen molar-refractivity contribution >= 4 is 0 Å². The topological polar surface area (TPSA) is 49.5 Å². The van der Waals surface area contributed by atoms with Crippen LogP contribution in [0.15, 0.2) is 0 Å². The van der Waals surface area contributed by atoms with Crippen LogP contribution in [-0.2, 0) is 0 Å². The highest BCUT2D eigenvalue weighted by Crippen LogP contribution is 2.28. The molecule has 3 N–H and O–H groups in total. The van der Waals surface area contributed by atoms with Gasteiger partial charge < -0.3 is 15.7 Å². The van der Waals surface area contributed by atoms with Crippen molar-refractivity contribution in [1.82, 2.24) is 4.90 Å². The van der Waals surface area contributed by atoms with Gasteiger partial charge in [0.25, 0.3) is 0 Å². The van der Waals surface area contributed by atoms with E-state index in [0.29, 0.717) is 6.54 Å². The van der Waals surface area contributed by atoms with Crippen LogP contribution in [0.2, 0.25) is 0 Å². The Labute approximate surface area is 68.2 Å². The van der Waals surface area contributed by atoms with Gasteiger partial charge in [0, 0.05) is 18.5 Å². The van der Waals surface area contributed by atoms with E-state index < -0.39 is 0 Å². The molecule has 0 aromatic heterocycles. The molecule has 3 heteroatoms. The molecule has 3 nitrogen and oxygen atoms in total. The molecule has 0 aromatic carbocycles. The zero-order chi connectivity index (χ0) is 8.48. The lowest BCUT2D eigenvalue weighted by atomic mass is 9.78. The minimum absolute atomic E-state index is 0.0491. The Kier molecular flexibility index (Phi) is 2.52. The number of hydrogen-bond acceptors (Lipinski definition) is 3. The van der Waals surface area contributed by atoms with Crippen LogP contribution in [0.3, 0.4) is 0 Å². The second kappa shape index (κ2) is 3.09. The maximum Gasteiger partial charge on any atom is 0.0732 e. The Balaban J connectivity index is 2.56. The van der Waals surface area contributed by atoms with Crippen molar-refractivity contribution in [1.29, 1.82) is 0 Å². The fraction of sp³-hybridized carbons (Fsp3) is 1.00. The molecule has 0 bridgehead atoms. The SMILES string of the molecule is CN1CC[C@](C)(CN)[C@H](O)C1. The standard InChI is InChI=1S/C8H18N2O/c1-8(6-9)3-4-10(2)5-7(8)11/h7,11H,3-6,9H2,1-2H3/t7-,8-/m1/s1. The van der Waals surface area contributed by atoms with Crippen LogP contribution < -0.4 is 5.73 Å². The molecule has 0 aromatic rings. The largest absolute Gasteiger partial charge is 0.391 e. The van der Waals surface area contributed by atoms with Crippen LogP contribution in [0, 0.1) is 5.41 Å². The number of nitrogens with zero attached hydrogens (tertiary/aromatic N) is 1. The monoisotopic (exact) mass is 158 g/mol. The van der Waals surface area contributed by atoms with Gasteiger partial charge in [0.05, 0.1) is 6.10 Å². The molecule has 1 fully saturated rings. The zero-order valence-corrected chi connectivity index (χ0v) is 7.38. The van der Waals surface area contributed by atoms with E-state index in [2.05, 4.69) is 11.8 Å². The van der Waals surface area contributed by atoms with Crippen LogP contribution in [-0.4, -0.2) is 42.8 Å². The van der Waals surface area contributed by atoms with Crippen LogP contribution in [0.4, 0.5) is 0 Å². The molecule has 11 heavy (non-hydrogen) atoms. The van der Waals surface area contributed by atoms with Crippen LogP contribution >= 0.6 is 0 Å². The molecule has 1 aliphatic heterocycles. The Bertz CT molecular complexity index is 140. The van der Waals surface area contributed by atoms with Crippen molar-refractivity contribution in [3.8, 4) is 0 Å². The summed E-state index contributed by atoms with van der Waals surface area (Å²) in [6.45, 7) is 4.45. The average Bonchev–Trinajstić information content (AvgIpc) is 1.98. The molecule has 0 saturated carbocycles. The molecule has 0 aliphatic carbocycles. The van der Waals surface area contributed by atoms with E-state index in [1.807, 2.05) is 7.05 Å². The van der Waals surface area contributed by atoms with Gasteiger partial charge in [0.15, 0.2) is 0 Å². The van der Waals surface area contributed by atoms with E-state index in [1.165, 1.54) is 0 Å². The number of nitrogens with two attached hydrogens (primary N) is 1. The number of hydrogen-bond donors (Lipinski definition) is 2. The van der Waals surface area contributed by atoms with Gasteiger partial charge in [-0.25, -0.2) is 0 Å². The molecule has 0 unspecified atom stereocenters. The Hall–Kier alpha value is -0.120. The van der Waals surface area contributed by atoms with Crippen LogP contribution in [0.25, 0.3) is 0 Å². The first kappa shape index (κ1) is 8.97. The maximum atomic E-state index is 9.68. The minimum Gasteiger partial charge on any atom is -0.391 e. The maximum absolute atomic E-state index is 9.68. The first-order chi connectivity index (χ1) is 5.08. The van der Waals surface area contributed by atoms with Crippen molar-refractivity contribution in [3.63, 3.8) is 0 Å². The highest BCUT2D eigenvalue weighted by Gasteiger charge is 2.35. The summed E-state index contributed by atoms with van der Waals surface area (Å²) in [5, 5.41) is 9.68. The molecule has 0 amide bonds. The van der Waals surface area contributed by atoms with Crippen molar-refractivity contribution in [2.45, 2.75) is 19.4 Å². The quantitative estimate of drug-likeness (QED) is 0.548. The van der Waals surface area contributed by atoms with E-state index in [-0.39, 0.29) is 11.5 Å². The van der Waals surface area contributed by atoms with E-state index in [1.54, 1.807) is 0 Å². The highest BCUT2D eigenvalue weighted by atomic mass is 16.3. The van der Waals surface area contributed by atoms with E-state index in [9.17, 15) is 5.11 Å². The molecule has 2 atom stereocenters. The zero-order valence-electron chi connectivity index (χ0n) is 7.38. The fourth-order valence-electron chi connectivity index (χ4n) is 1.46. The first-order valence-corrected chi connectivity index (χ1v) is 4.15. The number of aliphatic hydroxyl groups excluding tert-OH is 1. The molecule has 66 valence electrons. The second-order valence-electron chi connectivity index (χ2n) is 3.89. The highest BCUT2D eigenvalue weighted by molar-refractivity contribution is 4.89. The number of likely N-dealkylation sites (N-methyl/N-ethyl adjacent to an activating group) is 1. The smallest absolute Gasteiger partial charge is 0.0732 e. The molecular weight excluding hydrogens is 140 g/mol. The van der Waals surface area contributed by atoms with Gasteiger partial charge in [-0.1, -0.05) is 6.92 Å². The Morgan fingerprint density at radius 2 is 2.36 bits per heavy atom. The molecule has 1 aliphatic rings. The molecule has 1 rings (SSSR count). The van der Waals surface area contributed by atoms with Crippen LogP contribution in [0.1, 0.15) is 13.3 Å². The summed E-state index contributed by atoms with van der Waals surface area (Å²) >= 11 is 0. The summed E-state index contributed by atoms with van der Waals surface area (Å²) in [5.41, 5.74) is 5.55. The third-order valence-corrected chi connectivity index (χ3v) is 2.82. The second-order valence-corrected chi connectivity index (χ2v) is 3.89. The van der Waals surface area contributed by atoms with Gasteiger partial charge in [-0.2, -0.15) is 0 Å². The van der Waals surface area contributed by atoms with E-state index in [0.717, 1.165) is 19.5 Å². The first-order valence-electron chi connectivity index (χ1n) is 4.15. The average molecular weight is 158 g/mol. The van der Waals surface area contributed by atoms with Crippen molar-refractivity contribution in [3.05, 3.63) is 0 Å². The summed E-state index contributed by atoms with van der Waals surface area (Å²) in [5.74, 6) is 0. The normalized spacial score (nSPS) is 40.9. The number of rotatable bonds is 1. The van der Waals surface area contributed by atoms with Crippen molar-refractivity contribution in [2.75, 3.05) is 26.7 Å². The van der Waals surface area contributed by atoms with Crippen molar-refractivity contribution < 1.29 is 5.11 Å². The lowest BCUT2D eigenvalue weighted by Crippen LogP contribution is -2.51. The minimum atomic E-state index is -0.258. The Morgan fingerprint density at radius 1 is 1.73 bits per heavy atom. The summed E-state index contributed by atoms with van der Waals surface area (Å²) in [6, 6.07) is 0. The predicted octanol–water partition coefficient (Wildman–Crippen LogP) is -0.352.